The Labute approximate surface area is 103 Å². The van der Waals surface area contributed by atoms with Crippen molar-refractivity contribution >= 4 is 0 Å². The van der Waals surface area contributed by atoms with Crippen LogP contribution in [0.1, 0.15) is 30.9 Å². The van der Waals surface area contributed by atoms with Crippen LogP contribution in [0, 0.1) is 17.2 Å². The van der Waals surface area contributed by atoms with E-state index < -0.39 is 17.6 Å². The van der Waals surface area contributed by atoms with Crippen LogP contribution in [-0.2, 0) is 6.18 Å². The summed E-state index contributed by atoms with van der Waals surface area (Å²) >= 11 is 0. The highest BCUT2D eigenvalue weighted by Gasteiger charge is 2.57. The number of hydrogen-bond acceptors (Lipinski definition) is 1. The van der Waals surface area contributed by atoms with Gasteiger partial charge in [0.1, 0.15) is 5.82 Å². The maximum absolute atomic E-state index is 13.3. The molecule has 0 amide bonds. The topological polar surface area (TPSA) is 26.0 Å². The Bertz CT molecular complexity index is 465. The van der Waals surface area contributed by atoms with Crippen molar-refractivity contribution in [2.45, 2.75) is 25.9 Å². The zero-order chi connectivity index (χ0) is 13.7. The van der Waals surface area contributed by atoms with E-state index in [1.54, 1.807) is 0 Å². The van der Waals surface area contributed by atoms with Gasteiger partial charge in [-0.05, 0) is 47.6 Å². The van der Waals surface area contributed by atoms with Gasteiger partial charge in [-0.2, -0.15) is 13.2 Å². The van der Waals surface area contributed by atoms with Crippen molar-refractivity contribution in [1.82, 2.24) is 0 Å². The molecule has 1 saturated carbocycles. The largest absolute Gasteiger partial charge is 0.416 e. The summed E-state index contributed by atoms with van der Waals surface area (Å²) in [6, 6.07) is 2.73. The van der Waals surface area contributed by atoms with Crippen LogP contribution in [0.5, 0.6) is 0 Å². The highest BCUT2D eigenvalue weighted by atomic mass is 19.4. The molecule has 0 heterocycles. The number of alkyl halides is 3. The van der Waals surface area contributed by atoms with Crippen LogP contribution in [0.3, 0.4) is 0 Å². The molecule has 2 atom stereocenters. The van der Waals surface area contributed by atoms with Crippen molar-refractivity contribution in [3.63, 3.8) is 0 Å². The average molecular weight is 261 g/mol. The molecule has 0 spiro atoms. The van der Waals surface area contributed by atoms with Crippen molar-refractivity contribution in [2.75, 3.05) is 6.54 Å². The van der Waals surface area contributed by atoms with E-state index >= 15 is 0 Å². The van der Waals surface area contributed by atoms with Crippen molar-refractivity contribution in [2.24, 2.45) is 17.1 Å². The van der Waals surface area contributed by atoms with Gasteiger partial charge >= 0.3 is 6.18 Å². The maximum atomic E-state index is 13.3. The lowest BCUT2D eigenvalue weighted by Gasteiger charge is -2.10. The van der Waals surface area contributed by atoms with E-state index in [2.05, 4.69) is 0 Å². The van der Waals surface area contributed by atoms with E-state index in [1.807, 2.05) is 13.8 Å². The number of benzene rings is 1. The van der Waals surface area contributed by atoms with Crippen LogP contribution in [0.4, 0.5) is 17.6 Å². The van der Waals surface area contributed by atoms with E-state index in [4.69, 9.17) is 5.73 Å². The molecule has 100 valence electrons. The normalized spacial score (nSPS) is 26.2. The second kappa shape index (κ2) is 3.95. The molecule has 1 aliphatic carbocycles. The molecule has 0 radical (unpaired) electrons. The summed E-state index contributed by atoms with van der Waals surface area (Å²) in [5.41, 5.74) is 4.88. The molecule has 5 heteroatoms. The van der Waals surface area contributed by atoms with E-state index in [1.165, 1.54) is 6.07 Å². The van der Waals surface area contributed by atoms with Gasteiger partial charge in [0.15, 0.2) is 0 Å². The van der Waals surface area contributed by atoms with Crippen LogP contribution in [0.15, 0.2) is 18.2 Å². The second-order valence-electron chi connectivity index (χ2n) is 5.41. The second-order valence-corrected chi connectivity index (χ2v) is 5.41. The lowest BCUT2D eigenvalue weighted by molar-refractivity contribution is -0.137. The Balaban J connectivity index is 2.39. The van der Waals surface area contributed by atoms with E-state index in [-0.39, 0.29) is 17.3 Å². The van der Waals surface area contributed by atoms with Gasteiger partial charge in [-0.25, -0.2) is 4.39 Å². The van der Waals surface area contributed by atoms with Crippen LogP contribution < -0.4 is 5.73 Å². The number of rotatable bonds is 2. The summed E-state index contributed by atoms with van der Waals surface area (Å²) in [7, 11) is 0. The minimum Gasteiger partial charge on any atom is -0.330 e. The standard InChI is InChI=1S/C13H15F4N/c1-12(2)10(6-18)11(12)7-3-8(13(15,16)17)5-9(14)4-7/h3-5,10-11H,6,18H2,1-2H3/t10-,11-/m1/s1. The third kappa shape index (κ3) is 2.11. The average Bonchev–Trinajstić information content (AvgIpc) is 2.78. The first-order chi connectivity index (χ1) is 8.17. The SMILES string of the molecule is CC1(C)[C@H](CN)[C@H]1c1cc(F)cc(C(F)(F)F)c1. The smallest absolute Gasteiger partial charge is 0.330 e. The number of halogens is 4. The molecule has 2 N–H and O–H groups in total. The molecule has 18 heavy (non-hydrogen) atoms. The molecule has 0 aliphatic heterocycles. The van der Waals surface area contributed by atoms with Gasteiger partial charge < -0.3 is 5.73 Å². The van der Waals surface area contributed by atoms with Crippen molar-refractivity contribution in [3.8, 4) is 0 Å². The molecule has 0 bridgehead atoms. The van der Waals surface area contributed by atoms with Gasteiger partial charge in [-0.15, -0.1) is 0 Å². The summed E-state index contributed by atoms with van der Waals surface area (Å²) < 4.78 is 51.1. The van der Waals surface area contributed by atoms with Crippen LogP contribution in [0.25, 0.3) is 0 Å². The lowest BCUT2D eigenvalue weighted by Crippen LogP contribution is -2.07. The monoisotopic (exact) mass is 261 g/mol. The molecule has 1 fully saturated rings. The molecule has 0 unspecified atom stereocenters. The summed E-state index contributed by atoms with van der Waals surface area (Å²) in [4.78, 5) is 0. The quantitative estimate of drug-likeness (QED) is 0.809. The highest BCUT2D eigenvalue weighted by molar-refractivity contribution is 5.36. The van der Waals surface area contributed by atoms with Crippen LogP contribution in [-0.4, -0.2) is 6.54 Å². The minimum atomic E-state index is -4.52. The van der Waals surface area contributed by atoms with Crippen molar-refractivity contribution in [1.29, 1.82) is 0 Å². The third-order valence-corrected chi connectivity index (χ3v) is 3.91. The zero-order valence-corrected chi connectivity index (χ0v) is 10.2. The van der Waals surface area contributed by atoms with Gasteiger partial charge in [-0.3, -0.25) is 0 Å². The number of hydrogen-bond donors (Lipinski definition) is 1. The molecular weight excluding hydrogens is 246 g/mol. The first-order valence-corrected chi connectivity index (χ1v) is 5.75. The fourth-order valence-corrected chi connectivity index (χ4v) is 2.80. The Morgan fingerprint density at radius 3 is 2.28 bits per heavy atom. The summed E-state index contributed by atoms with van der Waals surface area (Å²) in [6.45, 7) is 4.27. The Morgan fingerprint density at radius 1 is 1.22 bits per heavy atom. The maximum Gasteiger partial charge on any atom is 0.416 e. The van der Waals surface area contributed by atoms with E-state index in [9.17, 15) is 17.6 Å². The molecule has 1 nitrogen and oxygen atoms in total. The van der Waals surface area contributed by atoms with E-state index in [0.717, 1.165) is 6.07 Å². The Morgan fingerprint density at radius 2 is 1.83 bits per heavy atom. The van der Waals surface area contributed by atoms with E-state index in [0.29, 0.717) is 18.2 Å². The summed E-state index contributed by atoms with van der Waals surface area (Å²) in [6.07, 6.45) is -4.52. The lowest BCUT2D eigenvalue weighted by atomic mass is 10.0. The Kier molecular flexibility index (Phi) is 2.93. The third-order valence-electron chi connectivity index (χ3n) is 3.91. The van der Waals surface area contributed by atoms with Gasteiger partial charge in [0.05, 0.1) is 5.56 Å². The molecule has 0 aromatic heterocycles. The fraction of sp³-hybridized carbons (Fsp3) is 0.538. The van der Waals surface area contributed by atoms with Crippen LogP contribution in [0.2, 0.25) is 0 Å². The highest BCUT2D eigenvalue weighted by Crippen LogP contribution is 2.64. The van der Waals surface area contributed by atoms with Gasteiger partial charge in [0.2, 0.25) is 0 Å². The van der Waals surface area contributed by atoms with Gasteiger partial charge in [0, 0.05) is 0 Å². The fourth-order valence-electron chi connectivity index (χ4n) is 2.80. The first-order valence-electron chi connectivity index (χ1n) is 5.75. The molecular formula is C13H15F4N. The molecule has 1 aromatic rings. The van der Waals surface area contributed by atoms with Crippen molar-refractivity contribution in [3.05, 3.63) is 35.1 Å². The summed E-state index contributed by atoms with van der Waals surface area (Å²) in [5.74, 6) is -0.835. The van der Waals surface area contributed by atoms with Crippen molar-refractivity contribution < 1.29 is 17.6 Å². The molecule has 0 saturated heterocycles. The van der Waals surface area contributed by atoms with Gasteiger partial charge in [-0.1, -0.05) is 13.8 Å². The van der Waals surface area contributed by atoms with Gasteiger partial charge in [0.25, 0.3) is 0 Å². The predicted molar refractivity (Wildman–Crippen MR) is 60.5 cm³/mol. The predicted octanol–water partition coefficient (Wildman–Crippen LogP) is 3.54. The summed E-state index contributed by atoms with van der Waals surface area (Å²) in [5, 5.41) is 0. The van der Waals surface area contributed by atoms with Crippen LogP contribution >= 0.6 is 0 Å². The molecule has 1 aliphatic rings. The first kappa shape index (κ1) is 13.3. The minimum absolute atomic E-state index is 0.0979. The Hall–Kier alpha value is -1.10. The molecule has 2 rings (SSSR count). The molecule has 1 aromatic carbocycles. The zero-order valence-electron chi connectivity index (χ0n) is 10.2. The number of nitrogens with two attached hydrogens (primary N) is 1.